The van der Waals surface area contributed by atoms with Crippen LogP contribution in [0, 0.1) is 17.8 Å². The number of nitrogens with zero attached hydrogens (tertiary/aromatic N) is 1. The molecule has 0 aromatic carbocycles. The highest BCUT2D eigenvalue weighted by molar-refractivity contribution is 4.91. The number of aliphatic hydroxyl groups is 1. The first-order valence-corrected chi connectivity index (χ1v) is 8.37. The number of rotatable bonds is 7. The Labute approximate surface area is 126 Å². The fourth-order valence-corrected chi connectivity index (χ4v) is 3.47. The van der Waals surface area contributed by atoms with E-state index >= 15 is 0 Å². The number of hydrogen-bond acceptors (Lipinski definition) is 3. The summed E-state index contributed by atoms with van der Waals surface area (Å²) >= 11 is 0. The number of aliphatic hydroxyl groups excluding tert-OH is 1. The number of likely N-dealkylation sites (N-methyl/N-ethyl adjacent to an activating group) is 1. The highest BCUT2D eigenvalue weighted by atomic mass is 16.3. The minimum Gasteiger partial charge on any atom is -0.394 e. The van der Waals surface area contributed by atoms with Crippen molar-refractivity contribution in [2.24, 2.45) is 17.8 Å². The smallest absolute Gasteiger partial charge is 0.0609 e. The van der Waals surface area contributed by atoms with E-state index in [-0.39, 0.29) is 12.1 Å². The fraction of sp³-hybridized carbons (Fsp3) is 1.00. The normalized spacial score (nSPS) is 31.8. The third-order valence-corrected chi connectivity index (χ3v) is 5.24. The van der Waals surface area contributed by atoms with Crippen LogP contribution < -0.4 is 5.32 Å². The first-order chi connectivity index (χ1) is 9.31. The molecule has 0 aliphatic heterocycles. The van der Waals surface area contributed by atoms with Gasteiger partial charge in [0, 0.05) is 18.1 Å². The van der Waals surface area contributed by atoms with Gasteiger partial charge in [-0.2, -0.15) is 0 Å². The Morgan fingerprint density at radius 2 is 1.90 bits per heavy atom. The van der Waals surface area contributed by atoms with Crippen LogP contribution in [0.1, 0.15) is 53.9 Å². The van der Waals surface area contributed by atoms with E-state index in [0.29, 0.717) is 12.0 Å². The van der Waals surface area contributed by atoms with Crippen LogP contribution >= 0.6 is 0 Å². The first kappa shape index (κ1) is 17.9. The topological polar surface area (TPSA) is 35.5 Å². The quantitative estimate of drug-likeness (QED) is 0.754. The Hall–Kier alpha value is -0.120. The molecule has 4 unspecified atom stereocenters. The van der Waals surface area contributed by atoms with Gasteiger partial charge in [0.25, 0.3) is 0 Å². The second kappa shape index (κ2) is 7.77. The largest absolute Gasteiger partial charge is 0.394 e. The zero-order valence-corrected chi connectivity index (χ0v) is 14.4. The lowest BCUT2D eigenvalue weighted by molar-refractivity contribution is 0.0345. The van der Waals surface area contributed by atoms with Crippen LogP contribution in [-0.4, -0.2) is 48.3 Å². The molecular weight excluding hydrogens is 248 g/mol. The molecule has 1 aliphatic rings. The number of hydrogen-bond donors (Lipinski definition) is 2. The second-order valence-corrected chi connectivity index (χ2v) is 7.63. The predicted octanol–water partition coefficient (Wildman–Crippen LogP) is 2.74. The molecule has 1 saturated carbocycles. The summed E-state index contributed by atoms with van der Waals surface area (Å²) < 4.78 is 0. The van der Waals surface area contributed by atoms with Gasteiger partial charge in [0.2, 0.25) is 0 Å². The molecule has 1 fully saturated rings. The van der Waals surface area contributed by atoms with Crippen LogP contribution in [0.15, 0.2) is 0 Å². The molecule has 2 N–H and O–H groups in total. The van der Waals surface area contributed by atoms with Crippen LogP contribution in [-0.2, 0) is 0 Å². The Bertz CT molecular complexity index is 280. The fourth-order valence-electron chi connectivity index (χ4n) is 3.47. The lowest BCUT2D eigenvalue weighted by Crippen LogP contribution is -2.53. The van der Waals surface area contributed by atoms with Crippen LogP contribution in [0.2, 0.25) is 0 Å². The highest BCUT2D eigenvalue weighted by Crippen LogP contribution is 2.35. The van der Waals surface area contributed by atoms with E-state index in [0.717, 1.165) is 24.9 Å². The van der Waals surface area contributed by atoms with Crippen LogP contribution in [0.25, 0.3) is 0 Å². The van der Waals surface area contributed by atoms with Gasteiger partial charge in [-0.25, -0.2) is 0 Å². The molecule has 120 valence electrons. The van der Waals surface area contributed by atoms with E-state index in [1.54, 1.807) is 0 Å². The minimum atomic E-state index is -0.127. The average Bonchev–Trinajstić information content (AvgIpc) is 2.39. The lowest BCUT2D eigenvalue weighted by atomic mass is 9.72. The zero-order valence-electron chi connectivity index (χ0n) is 14.4. The van der Waals surface area contributed by atoms with Crippen molar-refractivity contribution < 1.29 is 5.11 Å². The van der Waals surface area contributed by atoms with E-state index in [1.807, 2.05) is 0 Å². The third kappa shape index (κ3) is 4.71. The maximum absolute atomic E-state index is 9.55. The van der Waals surface area contributed by atoms with E-state index in [9.17, 15) is 5.11 Å². The maximum atomic E-state index is 9.55. The summed E-state index contributed by atoms with van der Waals surface area (Å²) in [5.74, 6) is 2.27. The Balaban J connectivity index is 2.70. The van der Waals surface area contributed by atoms with Crippen LogP contribution in [0.5, 0.6) is 0 Å². The average molecular weight is 284 g/mol. The van der Waals surface area contributed by atoms with Gasteiger partial charge in [-0.1, -0.05) is 20.8 Å². The SMILES string of the molecule is CCCNC1CC(C)CC(C)C1CN(C)C(C)(C)CO. The van der Waals surface area contributed by atoms with Crippen molar-refractivity contribution in [1.82, 2.24) is 10.2 Å². The maximum Gasteiger partial charge on any atom is 0.0609 e. The van der Waals surface area contributed by atoms with E-state index < -0.39 is 0 Å². The standard InChI is InChI=1S/C17H36N2O/c1-7-8-18-16-10-13(2)9-14(3)15(16)11-19(6)17(4,5)12-20/h13-16,18,20H,7-12H2,1-6H3. The van der Waals surface area contributed by atoms with Crippen molar-refractivity contribution >= 4 is 0 Å². The van der Waals surface area contributed by atoms with Gasteiger partial charge < -0.3 is 10.4 Å². The molecule has 0 saturated heterocycles. The van der Waals surface area contributed by atoms with Gasteiger partial charge in [-0.05, 0) is 64.5 Å². The Morgan fingerprint density at radius 3 is 2.45 bits per heavy atom. The van der Waals surface area contributed by atoms with Gasteiger partial charge in [0.1, 0.15) is 0 Å². The zero-order chi connectivity index (χ0) is 15.3. The molecule has 3 nitrogen and oxygen atoms in total. The monoisotopic (exact) mass is 284 g/mol. The van der Waals surface area contributed by atoms with Gasteiger partial charge in [0.05, 0.1) is 6.61 Å². The molecule has 20 heavy (non-hydrogen) atoms. The summed E-state index contributed by atoms with van der Waals surface area (Å²) in [6.45, 7) is 13.7. The molecule has 1 aliphatic carbocycles. The van der Waals surface area contributed by atoms with Gasteiger partial charge >= 0.3 is 0 Å². The number of nitrogens with one attached hydrogen (secondary N) is 1. The minimum absolute atomic E-state index is 0.127. The molecule has 0 spiro atoms. The van der Waals surface area contributed by atoms with Crippen LogP contribution in [0.3, 0.4) is 0 Å². The van der Waals surface area contributed by atoms with Crippen molar-refractivity contribution in [2.75, 3.05) is 26.7 Å². The van der Waals surface area contributed by atoms with E-state index in [4.69, 9.17) is 0 Å². The summed E-state index contributed by atoms with van der Waals surface area (Å²) in [4.78, 5) is 2.34. The molecule has 0 bridgehead atoms. The Morgan fingerprint density at radius 1 is 1.25 bits per heavy atom. The molecule has 0 amide bonds. The molecule has 0 aromatic rings. The third-order valence-electron chi connectivity index (χ3n) is 5.24. The molecule has 1 rings (SSSR count). The van der Waals surface area contributed by atoms with Crippen molar-refractivity contribution in [1.29, 1.82) is 0 Å². The summed E-state index contributed by atoms with van der Waals surface area (Å²) in [6.07, 6.45) is 3.83. The summed E-state index contributed by atoms with van der Waals surface area (Å²) in [6, 6.07) is 0.630. The predicted molar refractivity (Wildman–Crippen MR) is 86.9 cm³/mol. The molecule has 0 radical (unpaired) electrons. The second-order valence-electron chi connectivity index (χ2n) is 7.63. The lowest BCUT2D eigenvalue weighted by Gasteiger charge is -2.45. The van der Waals surface area contributed by atoms with E-state index in [2.05, 4.69) is 51.9 Å². The van der Waals surface area contributed by atoms with Crippen molar-refractivity contribution in [2.45, 2.75) is 65.5 Å². The molecule has 0 aromatic heterocycles. The molecular formula is C17H36N2O. The molecule has 3 heteroatoms. The van der Waals surface area contributed by atoms with Gasteiger partial charge in [-0.15, -0.1) is 0 Å². The van der Waals surface area contributed by atoms with Gasteiger partial charge in [0.15, 0.2) is 0 Å². The highest BCUT2D eigenvalue weighted by Gasteiger charge is 2.36. The van der Waals surface area contributed by atoms with Crippen LogP contribution in [0.4, 0.5) is 0 Å². The van der Waals surface area contributed by atoms with Gasteiger partial charge in [-0.3, -0.25) is 4.90 Å². The van der Waals surface area contributed by atoms with E-state index in [1.165, 1.54) is 19.3 Å². The van der Waals surface area contributed by atoms with Crippen molar-refractivity contribution in [3.05, 3.63) is 0 Å². The first-order valence-electron chi connectivity index (χ1n) is 8.37. The summed E-state index contributed by atoms with van der Waals surface area (Å²) in [5, 5.41) is 13.3. The van der Waals surface area contributed by atoms with Crippen molar-refractivity contribution in [3.8, 4) is 0 Å². The molecule has 0 heterocycles. The summed E-state index contributed by atoms with van der Waals surface area (Å²) in [7, 11) is 2.15. The van der Waals surface area contributed by atoms with Crippen molar-refractivity contribution in [3.63, 3.8) is 0 Å². The summed E-state index contributed by atoms with van der Waals surface area (Å²) in [5.41, 5.74) is -0.127. The Kier molecular flexibility index (Phi) is 6.96. The molecule has 4 atom stereocenters.